The van der Waals surface area contributed by atoms with Crippen LogP contribution < -0.4 is 16.4 Å². The van der Waals surface area contributed by atoms with Crippen LogP contribution in [0.4, 0.5) is 17.6 Å². The van der Waals surface area contributed by atoms with Crippen LogP contribution in [0.2, 0.25) is 10.0 Å². The standard InChI is InChI=1S/C17H16Cl2N6/c18-11-6-7-14(19)13(10-11)15-23-16(20)25-17(24-15)22-9-8-21-12-4-2-1-3-5-12/h1-7,10,21H,8-9H2,(H3,20,22,23,24,25). The zero-order chi connectivity index (χ0) is 17.6. The van der Waals surface area contributed by atoms with Crippen LogP contribution in [-0.2, 0) is 0 Å². The highest BCUT2D eigenvalue weighted by Gasteiger charge is 2.11. The molecule has 25 heavy (non-hydrogen) atoms. The Morgan fingerprint density at radius 1 is 0.880 bits per heavy atom. The molecule has 0 spiro atoms. The van der Waals surface area contributed by atoms with Crippen LogP contribution in [0.25, 0.3) is 11.4 Å². The normalized spacial score (nSPS) is 10.5. The van der Waals surface area contributed by atoms with Crippen molar-refractivity contribution in [2.24, 2.45) is 0 Å². The number of benzene rings is 2. The van der Waals surface area contributed by atoms with E-state index in [0.717, 1.165) is 5.69 Å². The smallest absolute Gasteiger partial charge is 0.228 e. The van der Waals surface area contributed by atoms with Crippen molar-refractivity contribution >= 4 is 40.8 Å². The Morgan fingerprint density at radius 3 is 2.44 bits per heavy atom. The Morgan fingerprint density at radius 2 is 1.64 bits per heavy atom. The van der Waals surface area contributed by atoms with Crippen molar-refractivity contribution in [1.82, 2.24) is 15.0 Å². The Labute approximate surface area is 155 Å². The van der Waals surface area contributed by atoms with Gasteiger partial charge in [0, 0.05) is 29.4 Å². The molecule has 1 heterocycles. The van der Waals surface area contributed by atoms with E-state index in [1.165, 1.54) is 0 Å². The van der Waals surface area contributed by atoms with Gasteiger partial charge in [-0.25, -0.2) is 0 Å². The molecule has 0 fully saturated rings. The highest BCUT2D eigenvalue weighted by atomic mass is 35.5. The number of nitrogens with two attached hydrogens (primary N) is 1. The van der Waals surface area contributed by atoms with Crippen LogP contribution in [0.1, 0.15) is 0 Å². The lowest BCUT2D eigenvalue weighted by atomic mass is 10.2. The van der Waals surface area contributed by atoms with Gasteiger partial charge in [-0.15, -0.1) is 0 Å². The van der Waals surface area contributed by atoms with Crippen molar-refractivity contribution in [3.8, 4) is 11.4 Å². The fraction of sp³-hybridized carbons (Fsp3) is 0.118. The lowest BCUT2D eigenvalue weighted by Crippen LogP contribution is -2.16. The molecule has 0 aliphatic heterocycles. The number of rotatable bonds is 6. The number of para-hydroxylation sites is 1. The summed E-state index contributed by atoms with van der Waals surface area (Å²) < 4.78 is 0. The molecular formula is C17H16Cl2N6. The van der Waals surface area contributed by atoms with E-state index < -0.39 is 0 Å². The number of nitrogens with zero attached hydrogens (tertiary/aromatic N) is 3. The Kier molecular flexibility index (Phi) is 5.53. The summed E-state index contributed by atoms with van der Waals surface area (Å²) in [6.07, 6.45) is 0. The van der Waals surface area contributed by atoms with E-state index in [1.54, 1.807) is 18.2 Å². The van der Waals surface area contributed by atoms with Gasteiger partial charge in [0.1, 0.15) is 0 Å². The van der Waals surface area contributed by atoms with Gasteiger partial charge in [0.2, 0.25) is 11.9 Å². The first-order valence-corrected chi connectivity index (χ1v) is 8.37. The van der Waals surface area contributed by atoms with Crippen molar-refractivity contribution in [3.05, 3.63) is 58.6 Å². The fourth-order valence-electron chi connectivity index (χ4n) is 2.20. The van der Waals surface area contributed by atoms with Gasteiger partial charge in [0.05, 0.1) is 5.02 Å². The first kappa shape index (κ1) is 17.3. The maximum atomic E-state index is 6.20. The van der Waals surface area contributed by atoms with Gasteiger partial charge in [0.15, 0.2) is 5.82 Å². The van der Waals surface area contributed by atoms with E-state index in [2.05, 4.69) is 25.6 Å². The molecule has 8 heteroatoms. The van der Waals surface area contributed by atoms with Crippen molar-refractivity contribution in [2.75, 3.05) is 29.5 Å². The minimum Gasteiger partial charge on any atom is -0.383 e. The monoisotopic (exact) mass is 374 g/mol. The zero-order valence-corrected chi connectivity index (χ0v) is 14.7. The summed E-state index contributed by atoms with van der Waals surface area (Å²) in [5.41, 5.74) is 7.44. The molecule has 3 aromatic rings. The molecular weight excluding hydrogens is 359 g/mol. The first-order valence-electron chi connectivity index (χ1n) is 7.61. The van der Waals surface area contributed by atoms with Crippen molar-refractivity contribution in [2.45, 2.75) is 0 Å². The zero-order valence-electron chi connectivity index (χ0n) is 13.2. The highest BCUT2D eigenvalue weighted by molar-refractivity contribution is 6.35. The van der Waals surface area contributed by atoms with Gasteiger partial charge >= 0.3 is 0 Å². The largest absolute Gasteiger partial charge is 0.383 e. The molecule has 6 nitrogen and oxygen atoms in total. The van der Waals surface area contributed by atoms with Crippen LogP contribution in [0.5, 0.6) is 0 Å². The minimum absolute atomic E-state index is 0.111. The van der Waals surface area contributed by atoms with E-state index in [1.807, 2.05) is 30.3 Å². The summed E-state index contributed by atoms with van der Waals surface area (Å²) in [4.78, 5) is 12.6. The van der Waals surface area contributed by atoms with Gasteiger partial charge in [0.25, 0.3) is 0 Å². The Hall–Kier alpha value is -2.57. The summed E-state index contributed by atoms with van der Waals surface area (Å²) in [7, 11) is 0. The number of hydrogen-bond donors (Lipinski definition) is 3. The van der Waals surface area contributed by atoms with Gasteiger partial charge in [-0.1, -0.05) is 41.4 Å². The third-order valence-electron chi connectivity index (χ3n) is 3.33. The van der Waals surface area contributed by atoms with Crippen LogP contribution in [0.3, 0.4) is 0 Å². The predicted octanol–water partition coefficient (Wildman–Crippen LogP) is 3.95. The molecule has 0 bridgehead atoms. The SMILES string of the molecule is Nc1nc(NCCNc2ccccc2)nc(-c2cc(Cl)ccc2Cl)n1. The average molecular weight is 375 g/mol. The molecule has 0 atom stereocenters. The molecule has 0 unspecified atom stereocenters. The average Bonchev–Trinajstić information content (AvgIpc) is 2.61. The maximum absolute atomic E-state index is 6.20. The summed E-state index contributed by atoms with van der Waals surface area (Å²) in [5, 5.41) is 7.44. The van der Waals surface area contributed by atoms with E-state index in [-0.39, 0.29) is 5.95 Å². The van der Waals surface area contributed by atoms with Crippen molar-refractivity contribution < 1.29 is 0 Å². The molecule has 0 saturated heterocycles. The quantitative estimate of drug-likeness (QED) is 0.566. The summed E-state index contributed by atoms with van der Waals surface area (Å²) in [5.74, 6) is 0.867. The maximum Gasteiger partial charge on any atom is 0.228 e. The first-order chi connectivity index (χ1) is 12.1. The second-order valence-electron chi connectivity index (χ2n) is 5.18. The second kappa shape index (κ2) is 8.00. The molecule has 3 rings (SSSR count). The molecule has 0 radical (unpaired) electrons. The third-order valence-corrected chi connectivity index (χ3v) is 3.90. The van der Waals surface area contributed by atoms with E-state index in [9.17, 15) is 0 Å². The molecule has 0 aliphatic carbocycles. The lowest BCUT2D eigenvalue weighted by molar-refractivity contribution is 1.00. The minimum atomic E-state index is 0.111. The molecule has 0 saturated carbocycles. The highest BCUT2D eigenvalue weighted by Crippen LogP contribution is 2.28. The molecule has 0 aliphatic rings. The van der Waals surface area contributed by atoms with Gasteiger partial charge < -0.3 is 16.4 Å². The van der Waals surface area contributed by atoms with Crippen LogP contribution >= 0.6 is 23.2 Å². The third kappa shape index (κ3) is 4.71. The van der Waals surface area contributed by atoms with Crippen LogP contribution in [0.15, 0.2) is 48.5 Å². The molecule has 1 aromatic heterocycles. The summed E-state index contributed by atoms with van der Waals surface area (Å²) in [6.45, 7) is 1.31. The molecule has 128 valence electrons. The number of aromatic nitrogens is 3. The van der Waals surface area contributed by atoms with Crippen molar-refractivity contribution in [3.63, 3.8) is 0 Å². The van der Waals surface area contributed by atoms with Gasteiger partial charge in [-0.2, -0.15) is 15.0 Å². The lowest BCUT2D eigenvalue weighted by Gasteiger charge is -2.10. The number of nitrogens with one attached hydrogen (secondary N) is 2. The number of anilines is 3. The summed E-state index contributed by atoms with van der Waals surface area (Å²) in [6, 6.07) is 15.0. The molecule has 4 N–H and O–H groups in total. The van der Waals surface area contributed by atoms with E-state index in [0.29, 0.717) is 40.5 Å². The number of nitrogen functional groups attached to an aromatic ring is 1. The number of hydrogen-bond acceptors (Lipinski definition) is 6. The molecule has 2 aromatic carbocycles. The molecule has 0 amide bonds. The topological polar surface area (TPSA) is 88.8 Å². The fourth-order valence-corrected chi connectivity index (χ4v) is 2.57. The number of halogens is 2. The van der Waals surface area contributed by atoms with Crippen LogP contribution in [-0.4, -0.2) is 28.0 Å². The summed E-state index contributed by atoms with van der Waals surface area (Å²) >= 11 is 12.2. The Bertz CT molecular complexity index is 857. The van der Waals surface area contributed by atoms with Gasteiger partial charge in [-0.05, 0) is 30.3 Å². The second-order valence-corrected chi connectivity index (χ2v) is 6.03. The van der Waals surface area contributed by atoms with Crippen molar-refractivity contribution in [1.29, 1.82) is 0 Å². The van der Waals surface area contributed by atoms with E-state index in [4.69, 9.17) is 28.9 Å². The van der Waals surface area contributed by atoms with Crippen LogP contribution in [0, 0.1) is 0 Å². The Balaban J connectivity index is 1.68. The van der Waals surface area contributed by atoms with Gasteiger partial charge in [-0.3, -0.25) is 0 Å². The van der Waals surface area contributed by atoms with E-state index >= 15 is 0 Å². The predicted molar refractivity (Wildman–Crippen MR) is 103 cm³/mol.